The number of rotatable bonds is 3. The Balaban J connectivity index is 2.20. The molecule has 94 valence electrons. The minimum Gasteiger partial charge on any atom is -0.495 e. The third-order valence-corrected chi connectivity index (χ3v) is 3.38. The quantitative estimate of drug-likeness (QED) is 0.814. The Labute approximate surface area is 102 Å². The molecule has 1 aromatic rings. The molecule has 0 radical (unpaired) electrons. The largest absolute Gasteiger partial charge is 0.495 e. The van der Waals surface area contributed by atoms with Crippen LogP contribution in [0.5, 0.6) is 5.75 Å². The van der Waals surface area contributed by atoms with Crippen LogP contribution in [0.15, 0.2) is 18.2 Å². The number of nitrogens with two attached hydrogens (primary N) is 1. The summed E-state index contributed by atoms with van der Waals surface area (Å²) >= 11 is 0. The van der Waals surface area contributed by atoms with Crippen LogP contribution in [0, 0.1) is 0 Å². The van der Waals surface area contributed by atoms with Gasteiger partial charge in [0, 0.05) is 26.3 Å². The zero-order chi connectivity index (χ0) is 12.3. The van der Waals surface area contributed by atoms with Crippen molar-refractivity contribution < 1.29 is 9.47 Å². The average molecular weight is 236 g/mol. The Morgan fingerprint density at radius 3 is 2.71 bits per heavy atom. The van der Waals surface area contributed by atoms with Crippen molar-refractivity contribution in [3.05, 3.63) is 18.2 Å². The van der Waals surface area contributed by atoms with Gasteiger partial charge in [0.25, 0.3) is 0 Å². The minimum atomic E-state index is 0.498. The molecule has 4 nitrogen and oxygen atoms in total. The molecule has 17 heavy (non-hydrogen) atoms. The van der Waals surface area contributed by atoms with Crippen LogP contribution in [0.2, 0.25) is 0 Å². The lowest BCUT2D eigenvalue weighted by Gasteiger charge is -2.33. The number of nitrogen functional groups attached to an aromatic ring is 1. The van der Waals surface area contributed by atoms with Crippen molar-refractivity contribution in [2.45, 2.75) is 18.9 Å². The molecule has 2 N–H and O–H groups in total. The summed E-state index contributed by atoms with van der Waals surface area (Å²) in [7, 11) is 3.73. The fraction of sp³-hybridized carbons (Fsp3) is 0.538. The molecule has 1 saturated heterocycles. The number of benzene rings is 1. The molecule has 0 aliphatic carbocycles. The van der Waals surface area contributed by atoms with Crippen LogP contribution < -0.4 is 15.4 Å². The van der Waals surface area contributed by atoms with Gasteiger partial charge in [-0.15, -0.1) is 0 Å². The van der Waals surface area contributed by atoms with Gasteiger partial charge in [0.05, 0.1) is 18.5 Å². The molecule has 0 spiro atoms. The van der Waals surface area contributed by atoms with Gasteiger partial charge < -0.3 is 20.1 Å². The topological polar surface area (TPSA) is 47.7 Å². The van der Waals surface area contributed by atoms with Crippen LogP contribution in [0.3, 0.4) is 0 Å². The highest BCUT2D eigenvalue weighted by molar-refractivity contribution is 5.74. The first-order valence-electron chi connectivity index (χ1n) is 5.97. The molecule has 0 amide bonds. The van der Waals surface area contributed by atoms with E-state index < -0.39 is 0 Å². The summed E-state index contributed by atoms with van der Waals surface area (Å²) in [4.78, 5) is 2.24. The first-order chi connectivity index (χ1) is 8.24. The third-order valence-electron chi connectivity index (χ3n) is 3.38. The second-order valence-electron chi connectivity index (χ2n) is 4.35. The lowest BCUT2D eigenvalue weighted by atomic mass is 10.1. The summed E-state index contributed by atoms with van der Waals surface area (Å²) in [5, 5.41) is 0. The monoisotopic (exact) mass is 236 g/mol. The van der Waals surface area contributed by atoms with Crippen molar-refractivity contribution in [2.75, 3.05) is 38.0 Å². The van der Waals surface area contributed by atoms with Crippen LogP contribution in [0.4, 0.5) is 11.4 Å². The minimum absolute atomic E-state index is 0.498. The number of hydrogen-bond acceptors (Lipinski definition) is 4. The van der Waals surface area contributed by atoms with Crippen molar-refractivity contribution in [3.8, 4) is 5.75 Å². The first kappa shape index (κ1) is 12.0. The van der Waals surface area contributed by atoms with Gasteiger partial charge in [-0.2, -0.15) is 0 Å². The number of methoxy groups -OCH3 is 1. The molecular formula is C13H20N2O2. The first-order valence-corrected chi connectivity index (χ1v) is 5.97. The maximum atomic E-state index is 6.10. The van der Waals surface area contributed by atoms with Crippen LogP contribution in [-0.2, 0) is 4.74 Å². The van der Waals surface area contributed by atoms with Crippen molar-refractivity contribution >= 4 is 11.4 Å². The maximum absolute atomic E-state index is 6.10. The molecule has 0 atom stereocenters. The average Bonchev–Trinajstić information content (AvgIpc) is 2.39. The number of nitrogens with zero attached hydrogens (tertiary/aromatic N) is 1. The SMILES string of the molecule is COc1cccc(N(C)C2CCOCC2)c1N. The number of ether oxygens (including phenoxy) is 2. The Bertz CT molecular complexity index is 376. The summed E-state index contributed by atoms with van der Waals surface area (Å²) in [5.41, 5.74) is 7.85. The summed E-state index contributed by atoms with van der Waals surface area (Å²) in [6, 6.07) is 6.39. The van der Waals surface area contributed by atoms with Gasteiger partial charge >= 0.3 is 0 Å². The van der Waals surface area contributed by atoms with Crippen LogP contribution in [-0.4, -0.2) is 33.4 Å². The molecule has 0 saturated carbocycles. The summed E-state index contributed by atoms with van der Waals surface area (Å²) < 4.78 is 10.6. The molecule has 1 fully saturated rings. The standard InChI is InChI=1S/C13H20N2O2/c1-15(10-6-8-17-9-7-10)11-4-3-5-12(16-2)13(11)14/h3-5,10H,6-9,14H2,1-2H3. The summed E-state index contributed by atoms with van der Waals surface area (Å²) in [6.07, 6.45) is 2.10. The summed E-state index contributed by atoms with van der Waals surface area (Å²) in [5.74, 6) is 0.737. The van der Waals surface area contributed by atoms with Gasteiger partial charge in [-0.25, -0.2) is 0 Å². The number of hydrogen-bond donors (Lipinski definition) is 1. The van der Waals surface area contributed by atoms with E-state index in [2.05, 4.69) is 11.9 Å². The number of para-hydroxylation sites is 1. The van der Waals surface area contributed by atoms with E-state index in [0.29, 0.717) is 11.7 Å². The highest BCUT2D eigenvalue weighted by atomic mass is 16.5. The van der Waals surface area contributed by atoms with Crippen LogP contribution >= 0.6 is 0 Å². The highest BCUT2D eigenvalue weighted by Gasteiger charge is 2.20. The highest BCUT2D eigenvalue weighted by Crippen LogP contribution is 2.33. The van der Waals surface area contributed by atoms with Crippen LogP contribution in [0.1, 0.15) is 12.8 Å². The van der Waals surface area contributed by atoms with E-state index in [1.165, 1.54) is 0 Å². The second-order valence-corrected chi connectivity index (χ2v) is 4.35. The lowest BCUT2D eigenvalue weighted by molar-refractivity contribution is 0.0855. The predicted molar refractivity (Wildman–Crippen MR) is 69.7 cm³/mol. The molecule has 1 aliphatic heterocycles. The second kappa shape index (κ2) is 5.27. The van der Waals surface area contributed by atoms with Crippen molar-refractivity contribution in [1.29, 1.82) is 0 Å². The Morgan fingerprint density at radius 2 is 2.06 bits per heavy atom. The molecule has 1 heterocycles. The molecule has 1 aliphatic rings. The molecule has 0 unspecified atom stereocenters. The van der Waals surface area contributed by atoms with Gasteiger partial charge in [-0.3, -0.25) is 0 Å². The van der Waals surface area contributed by atoms with E-state index in [0.717, 1.165) is 37.5 Å². The van der Waals surface area contributed by atoms with Crippen LogP contribution in [0.25, 0.3) is 0 Å². The molecular weight excluding hydrogens is 216 g/mol. The zero-order valence-corrected chi connectivity index (χ0v) is 10.5. The van der Waals surface area contributed by atoms with E-state index in [1.807, 2.05) is 18.2 Å². The van der Waals surface area contributed by atoms with E-state index in [1.54, 1.807) is 7.11 Å². The summed E-state index contributed by atoms with van der Waals surface area (Å²) in [6.45, 7) is 1.66. The molecule has 1 aromatic carbocycles. The van der Waals surface area contributed by atoms with Crippen molar-refractivity contribution in [1.82, 2.24) is 0 Å². The predicted octanol–water partition coefficient (Wildman–Crippen LogP) is 1.89. The fourth-order valence-electron chi connectivity index (χ4n) is 2.29. The van der Waals surface area contributed by atoms with E-state index in [-0.39, 0.29) is 0 Å². The normalized spacial score (nSPS) is 16.8. The molecule has 4 heteroatoms. The molecule has 0 aromatic heterocycles. The van der Waals surface area contributed by atoms with Crippen molar-refractivity contribution in [3.63, 3.8) is 0 Å². The van der Waals surface area contributed by atoms with Crippen molar-refractivity contribution in [2.24, 2.45) is 0 Å². The Kier molecular flexibility index (Phi) is 3.74. The smallest absolute Gasteiger partial charge is 0.143 e. The maximum Gasteiger partial charge on any atom is 0.143 e. The number of anilines is 2. The van der Waals surface area contributed by atoms with E-state index in [9.17, 15) is 0 Å². The zero-order valence-electron chi connectivity index (χ0n) is 10.5. The third kappa shape index (κ3) is 2.47. The Morgan fingerprint density at radius 1 is 1.35 bits per heavy atom. The fourth-order valence-corrected chi connectivity index (χ4v) is 2.29. The Hall–Kier alpha value is -1.42. The van der Waals surface area contributed by atoms with E-state index >= 15 is 0 Å². The van der Waals surface area contributed by atoms with Gasteiger partial charge in [0.2, 0.25) is 0 Å². The van der Waals surface area contributed by atoms with Gasteiger partial charge in [-0.1, -0.05) is 6.07 Å². The van der Waals surface area contributed by atoms with E-state index in [4.69, 9.17) is 15.2 Å². The van der Waals surface area contributed by atoms with Gasteiger partial charge in [0.1, 0.15) is 5.75 Å². The molecule has 0 bridgehead atoms. The van der Waals surface area contributed by atoms with Gasteiger partial charge in [-0.05, 0) is 25.0 Å². The molecule has 2 rings (SSSR count). The lowest BCUT2D eigenvalue weighted by Crippen LogP contribution is -2.37. The van der Waals surface area contributed by atoms with Gasteiger partial charge in [0.15, 0.2) is 0 Å².